The van der Waals surface area contributed by atoms with Gasteiger partial charge >= 0.3 is 12.3 Å². The van der Waals surface area contributed by atoms with Crippen LogP contribution in [0.1, 0.15) is 12.5 Å². The number of carbonyl (C=O) groups excluding carboxylic acids is 2. The monoisotopic (exact) mass is 291 g/mol. The highest BCUT2D eigenvalue weighted by atomic mass is 19.4. The topological polar surface area (TPSA) is 107 Å². The number of benzene rings is 1. The van der Waals surface area contributed by atoms with Crippen molar-refractivity contribution in [3.8, 4) is 0 Å². The number of alkyl halides is 3. The van der Waals surface area contributed by atoms with Gasteiger partial charge in [0.25, 0.3) is 5.91 Å². The van der Waals surface area contributed by atoms with Crippen LogP contribution in [0.4, 0.5) is 29.3 Å². The lowest BCUT2D eigenvalue weighted by Crippen LogP contribution is -2.32. The lowest BCUT2D eigenvalue weighted by Gasteiger charge is -2.15. The van der Waals surface area contributed by atoms with Gasteiger partial charge in [0.15, 0.2) is 6.10 Å². The zero-order valence-corrected chi connectivity index (χ0v) is 10.3. The van der Waals surface area contributed by atoms with Crippen LogP contribution in [0.25, 0.3) is 0 Å². The molecule has 110 valence electrons. The summed E-state index contributed by atoms with van der Waals surface area (Å²) in [6.07, 6.45) is -7.01. The van der Waals surface area contributed by atoms with Crippen LogP contribution < -0.4 is 16.8 Å². The first-order valence-corrected chi connectivity index (χ1v) is 5.35. The number of hydrogen-bond acceptors (Lipinski definition) is 4. The van der Waals surface area contributed by atoms with Crippen LogP contribution >= 0.6 is 0 Å². The molecule has 9 heteroatoms. The average molecular weight is 291 g/mol. The van der Waals surface area contributed by atoms with Crippen LogP contribution in [-0.4, -0.2) is 18.1 Å². The van der Waals surface area contributed by atoms with Crippen LogP contribution in [-0.2, 0) is 15.7 Å². The summed E-state index contributed by atoms with van der Waals surface area (Å²) in [5.74, 6) is -0.852. The molecule has 1 atom stereocenters. The summed E-state index contributed by atoms with van der Waals surface area (Å²) >= 11 is 0. The number of halogens is 3. The smallest absolute Gasteiger partial charge is 0.416 e. The minimum Gasteiger partial charge on any atom is -0.437 e. The second-order valence-electron chi connectivity index (χ2n) is 3.87. The molecule has 0 aliphatic rings. The molecular weight excluding hydrogens is 279 g/mol. The van der Waals surface area contributed by atoms with E-state index >= 15 is 0 Å². The Balaban J connectivity index is 2.92. The van der Waals surface area contributed by atoms with E-state index in [0.29, 0.717) is 6.07 Å². The number of anilines is 2. The second kappa shape index (κ2) is 5.68. The molecule has 0 spiro atoms. The van der Waals surface area contributed by atoms with E-state index < -0.39 is 29.8 Å². The maximum Gasteiger partial charge on any atom is 0.416 e. The average Bonchev–Trinajstić information content (AvgIpc) is 2.29. The van der Waals surface area contributed by atoms with Gasteiger partial charge in [0.1, 0.15) is 0 Å². The fourth-order valence-electron chi connectivity index (χ4n) is 1.30. The van der Waals surface area contributed by atoms with Crippen molar-refractivity contribution in [2.45, 2.75) is 19.2 Å². The number of carbonyl (C=O) groups is 2. The highest BCUT2D eigenvalue weighted by Gasteiger charge is 2.31. The lowest BCUT2D eigenvalue weighted by atomic mass is 10.1. The molecule has 0 fully saturated rings. The van der Waals surface area contributed by atoms with Gasteiger partial charge in [0, 0.05) is 0 Å². The number of rotatable bonds is 3. The van der Waals surface area contributed by atoms with Gasteiger partial charge in [0.05, 0.1) is 16.9 Å². The van der Waals surface area contributed by atoms with E-state index in [1.807, 2.05) is 0 Å². The van der Waals surface area contributed by atoms with Crippen LogP contribution in [0, 0.1) is 0 Å². The highest BCUT2D eigenvalue weighted by molar-refractivity contribution is 5.97. The van der Waals surface area contributed by atoms with E-state index in [-0.39, 0.29) is 11.4 Å². The summed E-state index contributed by atoms with van der Waals surface area (Å²) in [5.41, 5.74) is 8.93. The summed E-state index contributed by atoms with van der Waals surface area (Å²) in [6.45, 7) is 1.21. The second-order valence-corrected chi connectivity index (χ2v) is 3.87. The quantitative estimate of drug-likeness (QED) is 0.737. The van der Waals surface area contributed by atoms with Crippen LogP contribution in [0.3, 0.4) is 0 Å². The highest BCUT2D eigenvalue weighted by Crippen LogP contribution is 2.33. The van der Waals surface area contributed by atoms with Crippen molar-refractivity contribution in [3.05, 3.63) is 23.8 Å². The van der Waals surface area contributed by atoms with Gasteiger partial charge in [-0.1, -0.05) is 0 Å². The normalized spacial score (nSPS) is 12.6. The molecule has 6 nitrogen and oxygen atoms in total. The van der Waals surface area contributed by atoms with E-state index in [2.05, 4.69) is 10.1 Å². The summed E-state index contributed by atoms with van der Waals surface area (Å²) in [5, 5.41) is 2.13. The molecule has 1 rings (SSSR count). The molecule has 1 aromatic carbocycles. The third-order valence-electron chi connectivity index (χ3n) is 2.30. The number of primary amides is 1. The van der Waals surface area contributed by atoms with Gasteiger partial charge < -0.3 is 21.5 Å². The molecule has 0 aliphatic heterocycles. The third-order valence-corrected chi connectivity index (χ3v) is 2.30. The van der Waals surface area contributed by atoms with E-state index in [9.17, 15) is 22.8 Å². The summed E-state index contributed by atoms with van der Waals surface area (Å²) in [7, 11) is 0. The standard InChI is InChI=1S/C11H12F3N3O3/c1-5(20-10(16)19)9(18)17-8-4-6(11(12,13)14)2-3-7(8)15/h2-5H,15H2,1H3,(H2,16,19)(H,17,18)/t5-/m0/s1. The molecule has 2 amide bonds. The number of ether oxygens (including phenoxy) is 1. The van der Waals surface area contributed by atoms with Crippen molar-refractivity contribution in [2.24, 2.45) is 5.73 Å². The van der Waals surface area contributed by atoms with Gasteiger partial charge in [-0.3, -0.25) is 4.79 Å². The Morgan fingerprint density at radius 3 is 2.45 bits per heavy atom. The molecule has 20 heavy (non-hydrogen) atoms. The van der Waals surface area contributed by atoms with E-state index in [1.165, 1.54) is 6.92 Å². The lowest BCUT2D eigenvalue weighted by molar-refractivity contribution is -0.137. The molecular formula is C11H12F3N3O3. The summed E-state index contributed by atoms with van der Waals surface area (Å²) in [4.78, 5) is 22.0. The number of amides is 2. The Bertz CT molecular complexity index is 531. The van der Waals surface area contributed by atoms with Crippen molar-refractivity contribution in [1.82, 2.24) is 0 Å². The van der Waals surface area contributed by atoms with E-state index in [0.717, 1.165) is 12.1 Å². The Hall–Kier alpha value is -2.45. The Labute approximate surface area is 111 Å². The minimum absolute atomic E-state index is 0.0578. The predicted octanol–water partition coefficient (Wildman–Crippen LogP) is 1.71. The van der Waals surface area contributed by atoms with Crippen molar-refractivity contribution >= 4 is 23.4 Å². The Morgan fingerprint density at radius 2 is 1.95 bits per heavy atom. The molecule has 0 saturated carbocycles. The Kier molecular flexibility index (Phi) is 4.43. The van der Waals surface area contributed by atoms with Crippen molar-refractivity contribution in [2.75, 3.05) is 11.1 Å². The van der Waals surface area contributed by atoms with Gasteiger partial charge in [0.2, 0.25) is 0 Å². The zero-order valence-electron chi connectivity index (χ0n) is 10.3. The van der Waals surface area contributed by atoms with E-state index in [4.69, 9.17) is 11.5 Å². The number of hydrogen-bond donors (Lipinski definition) is 3. The minimum atomic E-state index is -4.57. The van der Waals surface area contributed by atoms with Crippen molar-refractivity contribution in [3.63, 3.8) is 0 Å². The molecule has 5 N–H and O–H groups in total. The fraction of sp³-hybridized carbons (Fsp3) is 0.273. The first-order valence-electron chi connectivity index (χ1n) is 5.35. The predicted molar refractivity (Wildman–Crippen MR) is 64.6 cm³/mol. The van der Waals surface area contributed by atoms with Crippen molar-refractivity contribution < 1.29 is 27.5 Å². The Morgan fingerprint density at radius 1 is 1.35 bits per heavy atom. The first kappa shape index (κ1) is 15.6. The van der Waals surface area contributed by atoms with Gasteiger partial charge in [-0.15, -0.1) is 0 Å². The molecule has 0 aliphatic carbocycles. The van der Waals surface area contributed by atoms with Gasteiger partial charge in [-0.25, -0.2) is 4.79 Å². The van der Waals surface area contributed by atoms with Gasteiger partial charge in [-0.2, -0.15) is 13.2 Å². The molecule has 0 saturated heterocycles. The molecule has 0 bridgehead atoms. The number of nitrogen functional groups attached to an aromatic ring is 1. The van der Waals surface area contributed by atoms with E-state index in [1.54, 1.807) is 0 Å². The molecule has 0 radical (unpaired) electrons. The molecule has 0 aromatic heterocycles. The number of nitrogens with one attached hydrogen (secondary N) is 1. The zero-order chi connectivity index (χ0) is 15.5. The van der Waals surface area contributed by atoms with Gasteiger partial charge in [-0.05, 0) is 25.1 Å². The number of nitrogens with two attached hydrogens (primary N) is 2. The van der Waals surface area contributed by atoms with Crippen LogP contribution in [0.15, 0.2) is 18.2 Å². The summed E-state index contributed by atoms with van der Waals surface area (Å²) in [6, 6.07) is 2.48. The molecule has 1 aromatic rings. The third kappa shape index (κ3) is 4.04. The van der Waals surface area contributed by atoms with Crippen molar-refractivity contribution in [1.29, 1.82) is 0 Å². The maximum atomic E-state index is 12.5. The maximum absolute atomic E-state index is 12.5. The first-order chi connectivity index (χ1) is 9.11. The van der Waals surface area contributed by atoms with Crippen LogP contribution in [0.2, 0.25) is 0 Å². The SMILES string of the molecule is C[C@H](OC(N)=O)C(=O)Nc1cc(C(F)(F)F)ccc1N. The molecule has 0 heterocycles. The fourth-order valence-corrected chi connectivity index (χ4v) is 1.30. The largest absolute Gasteiger partial charge is 0.437 e. The molecule has 0 unspecified atom stereocenters. The van der Waals surface area contributed by atoms with Crippen LogP contribution in [0.5, 0.6) is 0 Å². The summed E-state index contributed by atoms with van der Waals surface area (Å²) < 4.78 is 42.0.